The number of H-pyrrole nitrogens is 1. The van der Waals surface area contributed by atoms with E-state index in [1.165, 1.54) is 4.88 Å². The van der Waals surface area contributed by atoms with Crippen LogP contribution in [0.15, 0.2) is 15.3 Å². The molecule has 0 aliphatic carbocycles. The van der Waals surface area contributed by atoms with Crippen LogP contribution in [0.5, 0.6) is 0 Å². The highest BCUT2D eigenvalue weighted by atomic mass is 79.9. The molecule has 0 aromatic carbocycles. The van der Waals surface area contributed by atoms with Gasteiger partial charge < -0.3 is 9.72 Å². The second kappa shape index (κ2) is 4.60. The molecule has 94 valence electrons. The monoisotopic (exact) mass is 326 g/mol. The Morgan fingerprint density at radius 3 is 3.11 bits per heavy atom. The summed E-state index contributed by atoms with van der Waals surface area (Å²) in [5, 5.41) is 0. The molecule has 3 rings (SSSR count). The molecule has 0 amide bonds. The summed E-state index contributed by atoms with van der Waals surface area (Å²) in [7, 11) is 0. The van der Waals surface area contributed by atoms with Gasteiger partial charge in [0.2, 0.25) is 0 Å². The SMILES string of the molecule is Cc1sc(-c2nc3c(c(=O)[nH]2)COCC3)cc1Br. The predicted molar refractivity (Wildman–Crippen MR) is 74.0 cm³/mol. The average molecular weight is 327 g/mol. The molecule has 3 heterocycles. The summed E-state index contributed by atoms with van der Waals surface area (Å²) in [6.45, 7) is 3.03. The molecule has 0 saturated carbocycles. The molecule has 0 fully saturated rings. The lowest BCUT2D eigenvalue weighted by molar-refractivity contribution is 0.108. The van der Waals surface area contributed by atoms with Crippen LogP contribution >= 0.6 is 27.3 Å². The predicted octanol–water partition coefficient (Wildman–Crippen LogP) is 2.64. The molecular weight excluding hydrogens is 316 g/mol. The van der Waals surface area contributed by atoms with E-state index in [-0.39, 0.29) is 5.56 Å². The van der Waals surface area contributed by atoms with Crippen molar-refractivity contribution in [3.8, 4) is 10.7 Å². The maximum Gasteiger partial charge on any atom is 0.256 e. The molecule has 0 saturated heterocycles. The van der Waals surface area contributed by atoms with Gasteiger partial charge in [-0.3, -0.25) is 4.79 Å². The molecular formula is C12H11BrN2O2S. The molecule has 18 heavy (non-hydrogen) atoms. The van der Waals surface area contributed by atoms with Crippen LogP contribution in [0.25, 0.3) is 10.7 Å². The van der Waals surface area contributed by atoms with Crippen LogP contribution in [0.1, 0.15) is 16.1 Å². The lowest BCUT2D eigenvalue weighted by Gasteiger charge is -2.14. The van der Waals surface area contributed by atoms with Crippen LogP contribution in [0.2, 0.25) is 0 Å². The highest BCUT2D eigenvalue weighted by Crippen LogP contribution is 2.32. The van der Waals surface area contributed by atoms with Crippen LogP contribution in [0, 0.1) is 6.92 Å². The lowest BCUT2D eigenvalue weighted by atomic mass is 10.1. The molecule has 1 N–H and O–H groups in total. The Morgan fingerprint density at radius 1 is 1.56 bits per heavy atom. The third kappa shape index (κ3) is 2.04. The number of aromatic amines is 1. The Labute approximate surface area is 116 Å². The first kappa shape index (κ1) is 12.1. The zero-order chi connectivity index (χ0) is 12.7. The smallest absolute Gasteiger partial charge is 0.256 e. The highest BCUT2D eigenvalue weighted by Gasteiger charge is 2.17. The summed E-state index contributed by atoms with van der Waals surface area (Å²) in [6.07, 6.45) is 0.706. The number of halogens is 1. The van der Waals surface area contributed by atoms with Crippen LogP contribution in [-0.4, -0.2) is 16.6 Å². The fourth-order valence-corrected chi connectivity index (χ4v) is 3.42. The number of nitrogens with zero attached hydrogens (tertiary/aromatic N) is 1. The van der Waals surface area contributed by atoms with Crippen molar-refractivity contribution in [1.29, 1.82) is 0 Å². The van der Waals surface area contributed by atoms with Crippen molar-refractivity contribution in [3.05, 3.63) is 37.0 Å². The summed E-state index contributed by atoms with van der Waals surface area (Å²) < 4.78 is 6.33. The second-order valence-corrected chi connectivity index (χ2v) is 6.27. The van der Waals surface area contributed by atoms with Gasteiger partial charge in [-0.2, -0.15) is 0 Å². The van der Waals surface area contributed by atoms with Crippen molar-refractivity contribution in [2.45, 2.75) is 20.0 Å². The maximum atomic E-state index is 12.0. The molecule has 1 aliphatic rings. The van der Waals surface area contributed by atoms with Crippen molar-refractivity contribution in [3.63, 3.8) is 0 Å². The molecule has 0 unspecified atom stereocenters. The highest BCUT2D eigenvalue weighted by molar-refractivity contribution is 9.10. The number of nitrogens with one attached hydrogen (secondary N) is 1. The number of rotatable bonds is 1. The van der Waals surface area contributed by atoms with Crippen LogP contribution in [-0.2, 0) is 17.8 Å². The molecule has 6 heteroatoms. The zero-order valence-corrected chi connectivity index (χ0v) is 12.2. The van der Waals surface area contributed by atoms with E-state index in [2.05, 4.69) is 25.9 Å². The number of aryl methyl sites for hydroxylation is 1. The van der Waals surface area contributed by atoms with Crippen molar-refractivity contribution < 1.29 is 4.74 Å². The van der Waals surface area contributed by atoms with Gasteiger partial charge in [0, 0.05) is 15.8 Å². The normalized spacial score (nSPS) is 14.6. The van der Waals surface area contributed by atoms with Gasteiger partial charge in [-0.05, 0) is 28.9 Å². The summed E-state index contributed by atoms with van der Waals surface area (Å²) in [5.41, 5.74) is 1.44. The van der Waals surface area contributed by atoms with Gasteiger partial charge in [-0.1, -0.05) is 0 Å². The first-order valence-electron chi connectivity index (χ1n) is 5.61. The van der Waals surface area contributed by atoms with Crippen LogP contribution < -0.4 is 5.56 Å². The standard InChI is InChI=1S/C12H11BrN2O2S/c1-6-8(13)4-10(18-6)11-14-9-2-3-17-5-7(9)12(16)15-11/h4H,2-3,5H2,1H3,(H,14,15,16). The summed E-state index contributed by atoms with van der Waals surface area (Å²) in [5.74, 6) is 0.652. The van der Waals surface area contributed by atoms with Crippen LogP contribution in [0.4, 0.5) is 0 Å². The molecule has 2 aromatic rings. The van der Waals surface area contributed by atoms with Gasteiger partial charge in [0.1, 0.15) is 0 Å². The second-order valence-electron chi connectivity index (χ2n) is 4.16. The number of ether oxygens (including phenoxy) is 1. The van der Waals surface area contributed by atoms with Crippen LogP contribution in [0.3, 0.4) is 0 Å². The van der Waals surface area contributed by atoms with Gasteiger partial charge in [0.05, 0.1) is 29.3 Å². The first-order chi connectivity index (χ1) is 8.65. The van der Waals surface area contributed by atoms with Crippen molar-refractivity contribution in [2.24, 2.45) is 0 Å². The number of thiophene rings is 1. The third-order valence-corrected chi connectivity index (χ3v) is 5.06. The number of hydrogen-bond donors (Lipinski definition) is 1. The summed E-state index contributed by atoms with van der Waals surface area (Å²) in [6, 6.07) is 1.99. The molecule has 4 nitrogen and oxygen atoms in total. The Balaban J connectivity index is 2.13. The van der Waals surface area contributed by atoms with E-state index in [1.54, 1.807) is 11.3 Å². The van der Waals surface area contributed by atoms with E-state index in [0.717, 1.165) is 15.0 Å². The molecule has 0 bridgehead atoms. The number of aromatic nitrogens is 2. The fourth-order valence-electron chi connectivity index (χ4n) is 1.94. The minimum Gasteiger partial charge on any atom is -0.376 e. The third-order valence-electron chi connectivity index (χ3n) is 2.92. The quantitative estimate of drug-likeness (QED) is 0.876. The van der Waals surface area contributed by atoms with Crippen molar-refractivity contribution >= 4 is 27.3 Å². The summed E-state index contributed by atoms with van der Waals surface area (Å²) in [4.78, 5) is 21.5. The molecule has 0 atom stereocenters. The van der Waals surface area contributed by atoms with Gasteiger partial charge in [0.25, 0.3) is 5.56 Å². The van der Waals surface area contributed by atoms with Gasteiger partial charge in [0.15, 0.2) is 5.82 Å². The number of hydrogen-bond acceptors (Lipinski definition) is 4. The minimum atomic E-state index is -0.0862. The molecule has 0 radical (unpaired) electrons. The minimum absolute atomic E-state index is 0.0862. The lowest BCUT2D eigenvalue weighted by Crippen LogP contribution is -2.24. The van der Waals surface area contributed by atoms with E-state index in [4.69, 9.17) is 4.74 Å². The Kier molecular flexibility index (Phi) is 3.09. The largest absolute Gasteiger partial charge is 0.376 e. The van der Waals surface area contributed by atoms with Crippen molar-refractivity contribution in [1.82, 2.24) is 9.97 Å². The van der Waals surface area contributed by atoms with Gasteiger partial charge >= 0.3 is 0 Å². The molecule has 0 spiro atoms. The van der Waals surface area contributed by atoms with E-state index >= 15 is 0 Å². The molecule has 2 aromatic heterocycles. The average Bonchev–Trinajstić information content (AvgIpc) is 2.70. The van der Waals surface area contributed by atoms with Gasteiger partial charge in [-0.25, -0.2) is 4.98 Å². The Hall–Kier alpha value is -0.980. The topological polar surface area (TPSA) is 55.0 Å². The zero-order valence-electron chi connectivity index (χ0n) is 9.75. The van der Waals surface area contributed by atoms with E-state index in [0.29, 0.717) is 31.0 Å². The Bertz CT molecular complexity index is 643. The maximum absolute atomic E-state index is 12.0. The van der Waals surface area contributed by atoms with E-state index in [1.807, 2.05) is 13.0 Å². The Morgan fingerprint density at radius 2 is 2.39 bits per heavy atom. The van der Waals surface area contributed by atoms with Crippen molar-refractivity contribution in [2.75, 3.05) is 6.61 Å². The fraction of sp³-hybridized carbons (Fsp3) is 0.333. The van der Waals surface area contributed by atoms with E-state index in [9.17, 15) is 4.79 Å². The van der Waals surface area contributed by atoms with Gasteiger partial charge in [-0.15, -0.1) is 11.3 Å². The molecule has 1 aliphatic heterocycles. The van der Waals surface area contributed by atoms with E-state index < -0.39 is 0 Å². The summed E-state index contributed by atoms with van der Waals surface area (Å²) >= 11 is 5.09. The number of fused-ring (bicyclic) bond motifs is 1. The first-order valence-corrected chi connectivity index (χ1v) is 7.22.